The molecule has 0 radical (unpaired) electrons. The molecule has 0 N–H and O–H groups in total. The number of fused-ring (bicyclic) bond motifs is 1. The van der Waals surface area contributed by atoms with Crippen molar-refractivity contribution in [2.24, 2.45) is 17.3 Å². The van der Waals surface area contributed by atoms with Crippen molar-refractivity contribution in [1.82, 2.24) is 0 Å². The van der Waals surface area contributed by atoms with Gasteiger partial charge in [-0.05, 0) is 63.3 Å². The van der Waals surface area contributed by atoms with Crippen molar-refractivity contribution in [2.45, 2.75) is 90.0 Å². The van der Waals surface area contributed by atoms with Gasteiger partial charge in [-0.2, -0.15) is 0 Å². The van der Waals surface area contributed by atoms with E-state index in [0.29, 0.717) is 5.56 Å². The molecular weight excluding hydrogens is 564 g/mol. The van der Waals surface area contributed by atoms with E-state index < -0.39 is 64.9 Å². The van der Waals surface area contributed by atoms with E-state index in [1.807, 2.05) is 58.0 Å². The fourth-order valence-electron chi connectivity index (χ4n) is 7.83. The second-order valence-electron chi connectivity index (χ2n) is 12.8. The second-order valence-corrected chi connectivity index (χ2v) is 12.8. The fourth-order valence-corrected chi connectivity index (χ4v) is 7.83. The molecule has 0 unspecified atom stereocenters. The number of hydrogen-bond acceptors (Lipinski definition) is 9. The Hall–Kier alpha value is -3.98. The standard InChI is InChI=1S/C35H40O9/c1-21-19-27(42-32(39)25-15-11-8-12-16-25)31(41-23(3)37)34(6)28(43-29(38)18-17-24-13-9-7-10-14-24)20-26-30(40-22(2)36)35(21,34)44-33(26,4)5/h7-18,21,26-28,30-31H,19-20H2,1-6H3/b18-17+/t21-,26-,27+,28+,30-,31+,34-,35-/m1/s1. The predicted molar refractivity (Wildman–Crippen MR) is 160 cm³/mol. The Balaban J connectivity index is 1.60. The average molecular weight is 605 g/mol. The first-order chi connectivity index (χ1) is 20.8. The Labute approximate surface area is 257 Å². The number of ether oxygens (including phenoxy) is 5. The molecule has 1 aliphatic heterocycles. The van der Waals surface area contributed by atoms with E-state index in [1.165, 1.54) is 19.9 Å². The van der Waals surface area contributed by atoms with Crippen LogP contribution in [0, 0.1) is 17.3 Å². The number of hydrogen-bond donors (Lipinski definition) is 0. The topological polar surface area (TPSA) is 114 Å². The van der Waals surface area contributed by atoms with Crippen molar-refractivity contribution >= 4 is 30.0 Å². The maximum Gasteiger partial charge on any atom is 0.338 e. The number of carbonyl (C=O) groups is 4. The highest BCUT2D eigenvalue weighted by molar-refractivity contribution is 5.89. The van der Waals surface area contributed by atoms with Crippen molar-refractivity contribution in [3.05, 3.63) is 77.9 Å². The molecule has 2 aliphatic carbocycles. The monoisotopic (exact) mass is 604 g/mol. The SMILES string of the molecule is CC(=O)O[C@@H]1[C@H]2C[C@H](OC(=O)/C=C/c3ccccc3)[C@]3(C)[C@@H](OC(C)=O)[C@@H](OC(=O)c4ccccc4)C[C@@H](C)[C@@]13OC2(C)C. The quantitative estimate of drug-likeness (QED) is 0.236. The molecule has 1 spiro atoms. The van der Waals surface area contributed by atoms with Gasteiger partial charge in [0.2, 0.25) is 0 Å². The number of carbonyl (C=O) groups excluding carboxylic acids is 4. The minimum absolute atomic E-state index is 0.251. The molecule has 1 heterocycles. The van der Waals surface area contributed by atoms with Gasteiger partial charge in [0.25, 0.3) is 0 Å². The van der Waals surface area contributed by atoms with Crippen LogP contribution in [0.1, 0.15) is 70.3 Å². The molecule has 5 rings (SSSR count). The van der Waals surface area contributed by atoms with Gasteiger partial charge in [0, 0.05) is 25.8 Å². The maximum absolute atomic E-state index is 13.4. The summed E-state index contributed by atoms with van der Waals surface area (Å²) in [6, 6.07) is 17.9. The lowest BCUT2D eigenvalue weighted by atomic mass is 9.48. The molecule has 3 fully saturated rings. The van der Waals surface area contributed by atoms with Crippen molar-refractivity contribution in [3.63, 3.8) is 0 Å². The first-order valence-corrected chi connectivity index (χ1v) is 15.0. The summed E-state index contributed by atoms with van der Waals surface area (Å²) in [7, 11) is 0. The Morgan fingerprint density at radius 1 is 0.795 bits per heavy atom. The van der Waals surface area contributed by atoms with Crippen LogP contribution >= 0.6 is 0 Å². The van der Waals surface area contributed by atoms with Crippen molar-refractivity contribution in [1.29, 1.82) is 0 Å². The highest BCUT2D eigenvalue weighted by atomic mass is 16.6. The van der Waals surface area contributed by atoms with Gasteiger partial charge >= 0.3 is 23.9 Å². The van der Waals surface area contributed by atoms with E-state index in [9.17, 15) is 19.2 Å². The van der Waals surface area contributed by atoms with Gasteiger partial charge in [0.1, 0.15) is 23.9 Å². The van der Waals surface area contributed by atoms with Crippen LogP contribution in [0.5, 0.6) is 0 Å². The first-order valence-electron chi connectivity index (χ1n) is 15.0. The van der Waals surface area contributed by atoms with Gasteiger partial charge in [0.15, 0.2) is 6.10 Å². The molecule has 234 valence electrons. The lowest BCUT2D eigenvalue weighted by Gasteiger charge is -2.62. The van der Waals surface area contributed by atoms with E-state index in [2.05, 4.69) is 0 Å². The second kappa shape index (κ2) is 11.8. The molecule has 9 nitrogen and oxygen atoms in total. The molecule has 0 aromatic heterocycles. The minimum atomic E-state index is -1.29. The molecule has 2 aromatic rings. The molecular formula is C35H40O9. The number of esters is 4. The molecule has 2 saturated carbocycles. The molecule has 3 aliphatic rings. The molecule has 9 heteroatoms. The average Bonchev–Trinajstić information content (AvgIpc) is 3.15. The normalized spacial score (nSPS) is 33.6. The van der Waals surface area contributed by atoms with E-state index in [1.54, 1.807) is 36.4 Å². The lowest BCUT2D eigenvalue weighted by molar-refractivity contribution is -0.304. The smallest absolute Gasteiger partial charge is 0.338 e. The summed E-state index contributed by atoms with van der Waals surface area (Å²) in [5.41, 5.74) is -2.15. The van der Waals surface area contributed by atoms with Crippen molar-refractivity contribution in [2.75, 3.05) is 0 Å². The summed E-state index contributed by atoms with van der Waals surface area (Å²) in [4.78, 5) is 51.9. The van der Waals surface area contributed by atoms with Gasteiger partial charge in [-0.1, -0.05) is 55.5 Å². The Kier molecular flexibility index (Phi) is 8.46. The zero-order valence-electron chi connectivity index (χ0n) is 26.0. The van der Waals surface area contributed by atoms with Crippen LogP contribution in [0.15, 0.2) is 66.7 Å². The zero-order valence-corrected chi connectivity index (χ0v) is 26.0. The first kappa shape index (κ1) is 31.4. The fraction of sp³-hybridized carbons (Fsp3) is 0.486. The Morgan fingerprint density at radius 2 is 1.39 bits per heavy atom. The van der Waals surface area contributed by atoms with Crippen LogP contribution in [0.25, 0.3) is 6.08 Å². The van der Waals surface area contributed by atoms with Crippen LogP contribution in [-0.2, 0) is 38.1 Å². The minimum Gasteiger partial charge on any atom is -0.459 e. The van der Waals surface area contributed by atoms with E-state index >= 15 is 0 Å². The van der Waals surface area contributed by atoms with E-state index in [4.69, 9.17) is 23.7 Å². The van der Waals surface area contributed by atoms with Gasteiger partial charge in [0.05, 0.1) is 16.6 Å². The third-order valence-electron chi connectivity index (χ3n) is 9.66. The summed E-state index contributed by atoms with van der Waals surface area (Å²) in [6.07, 6.45) is -0.0332. The van der Waals surface area contributed by atoms with Gasteiger partial charge in [-0.25, -0.2) is 9.59 Å². The van der Waals surface area contributed by atoms with Gasteiger partial charge in [-0.3, -0.25) is 9.59 Å². The van der Waals surface area contributed by atoms with E-state index in [-0.39, 0.29) is 24.7 Å². The molecule has 1 saturated heterocycles. The van der Waals surface area contributed by atoms with Crippen LogP contribution in [0.2, 0.25) is 0 Å². The maximum atomic E-state index is 13.4. The van der Waals surface area contributed by atoms with Crippen LogP contribution in [0.4, 0.5) is 0 Å². The highest BCUT2D eigenvalue weighted by Gasteiger charge is 2.80. The molecule has 44 heavy (non-hydrogen) atoms. The summed E-state index contributed by atoms with van der Waals surface area (Å²) in [5, 5.41) is 0. The molecule has 2 bridgehead atoms. The summed E-state index contributed by atoms with van der Waals surface area (Å²) in [6.45, 7) is 10.3. The Bertz CT molecular complexity index is 1430. The largest absolute Gasteiger partial charge is 0.459 e. The summed E-state index contributed by atoms with van der Waals surface area (Å²) >= 11 is 0. The van der Waals surface area contributed by atoms with Crippen LogP contribution in [-0.4, -0.2) is 59.5 Å². The zero-order chi connectivity index (χ0) is 31.9. The third kappa shape index (κ3) is 5.42. The molecule has 2 aromatic carbocycles. The number of rotatable bonds is 7. The number of benzene rings is 2. The van der Waals surface area contributed by atoms with Crippen molar-refractivity contribution < 1.29 is 42.9 Å². The van der Waals surface area contributed by atoms with Crippen LogP contribution in [0.3, 0.4) is 0 Å². The molecule has 0 amide bonds. The lowest BCUT2D eigenvalue weighted by Crippen LogP contribution is -2.76. The molecule has 8 atom stereocenters. The summed E-state index contributed by atoms with van der Waals surface area (Å²) in [5.74, 6) is -2.94. The van der Waals surface area contributed by atoms with Gasteiger partial charge < -0.3 is 23.7 Å². The van der Waals surface area contributed by atoms with Crippen molar-refractivity contribution in [3.8, 4) is 0 Å². The van der Waals surface area contributed by atoms with E-state index in [0.717, 1.165) is 5.56 Å². The predicted octanol–water partition coefficient (Wildman–Crippen LogP) is 5.31. The summed E-state index contributed by atoms with van der Waals surface area (Å²) < 4.78 is 31.3. The highest BCUT2D eigenvalue weighted by Crippen LogP contribution is 2.67. The van der Waals surface area contributed by atoms with Crippen LogP contribution < -0.4 is 0 Å². The van der Waals surface area contributed by atoms with Gasteiger partial charge in [-0.15, -0.1) is 0 Å². The Morgan fingerprint density at radius 3 is 2.00 bits per heavy atom. The third-order valence-corrected chi connectivity index (χ3v) is 9.66.